The van der Waals surface area contributed by atoms with Gasteiger partial charge in [-0.3, -0.25) is 4.79 Å². The van der Waals surface area contributed by atoms with Crippen LogP contribution in [0, 0.1) is 22.7 Å². The van der Waals surface area contributed by atoms with Gasteiger partial charge >= 0.3 is 0 Å². The molecule has 1 N–H and O–H groups in total. The first-order valence-electron chi connectivity index (χ1n) is 12.1. The highest BCUT2D eigenvalue weighted by atomic mass is 35.5. The molecule has 4 rings (SSSR count). The molecule has 0 saturated carbocycles. The molecule has 0 radical (unpaired) electrons. The average Bonchev–Trinajstić information content (AvgIpc) is 3.40. The third-order valence-electron chi connectivity index (χ3n) is 7.15. The van der Waals surface area contributed by atoms with Crippen LogP contribution >= 0.6 is 46.3 Å². The number of halogens is 2. The van der Waals surface area contributed by atoms with Gasteiger partial charge < -0.3 is 14.6 Å². The number of ether oxygens (including phenoxy) is 1. The van der Waals surface area contributed by atoms with Gasteiger partial charge in [0.05, 0.1) is 16.3 Å². The number of thiophene rings is 1. The Morgan fingerprint density at radius 2 is 2.16 bits per heavy atom. The summed E-state index contributed by atoms with van der Waals surface area (Å²) in [5, 5.41) is 23.3. The standard InChI is InChI=1S/C26H29Cl2N5O2S2/c1-5-26(2,3)15-6-8-17-18(12-29)24(37-21(17)10-15)30-23(34)14-36-25-32-31-22(33(25)4)13-35-20-9-7-16(27)11-19(20)28/h7,9,11,15H,5-6,8,10,13-14H2,1-4H3,(H,30,34). The Bertz CT molecular complexity index is 1350. The summed E-state index contributed by atoms with van der Waals surface area (Å²) in [5.74, 6) is 1.64. The highest BCUT2D eigenvalue weighted by Gasteiger charge is 2.34. The molecule has 0 saturated heterocycles. The van der Waals surface area contributed by atoms with Crippen molar-refractivity contribution in [3.8, 4) is 11.8 Å². The van der Waals surface area contributed by atoms with Crippen LogP contribution in [-0.4, -0.2) is 26.4 Å². The molecular weight excluding hydrogens is 549 g/mol. The van der Waals surface area contributed by atoms with Gasteiger partial charge in [0.1, 0.15) is 23.4 Å². The SMILES string of the molecule is CCC(C)(C)C1CCc2c(sc(NC(=O)CSc3nnc(COc4ccc(Cl)cc4Cl)n3C)c2C#N)C1. The lowest BCUT2D eigenvalue weighted by Gasteiger charge is -2.36. The Balaban J connectivity index is 1.36. The molecular formula is C26H29Cl2N5O2S2. The van der Waals surface area contributed by atoms with E-state index in [1.165, 1.54) is 16.6 Å². The molecule has 0 bridgehead atoms. The molecule has 2 aromatic heterocycles. The number of hydrogen-bond donors (Lipinski definition) is 1. The fourth-order valence-electron chi connectivity index (χ4n) is 4.37. The smallest absolute Gasteiger partial charge is 0.235 e. The molecule has 196 valence electrons. The summed E-state index contributed by atoms with van der Waals surface area (Å²) >= 11 is 14.9. The van der Waals surface area contributed by atoms with Gasteiger partial charge in [-0.15, -0.1) is 21.5 Å². The number of carbonyl (C=O) groups is 1. The number of benzene rings is 1. The van der Waals surface area contributed by atoms with Crippen molar-refractivity contribution >= 4 is 57.2 Å². The van der Waals surface area contributed by atoms with Crippen LogP contribution in [0.15, 0.2) is 23.4 Å². The molecule has 37 heavy (non-hydrogen) atoms. The van der Waals surface area contributed by atoms with Gasteiger partial charge in [-0.25, -0.2) is 0 Å². The van der Waals surface area contributed by atoms with Gasteiger partial charge in [0.25, 0.3) is 0 Å². The van der Waals surface area contributed by atoms with E-state index in [9.17, 15) is 10.1 Å². The van der Waals surface area contributed by atoms with E-state index in [0.29, 0.717) is 43.3 Å². The van der Waals surface area contributed by atoms with E-state index in [0.717, 1.165) is 31.2 Å². The van der Waals surface area contributed by atoms with Crippen LogP contribution in [0.25, 0.3) is 0 Å². The molecule has 1 atom stereocenters. The number of nitrogens with zero attached hydrogens (tertiary/aromatic N) is 4. The van der Waals surface area contributed by atoms with E-state index in [1.807, 2.05) is 7.05 Å². The lowest BCUT2D eigenvalue weighted by molar-refractivity contribution is -0.113. The van der Waals surface area contributed by atoms with Crippen molar-refractivity contribution in [2.24, 2.45) is 18.4 Å². The van der Waals surface area contributed by atoms with E-state index < -0.39 is 0 Å². The minimum Gasteiger partial charge on any atom is -0.484 e. The summed E-state index contributed by atoms with van der Waals surface area (Å²) in [6.07, 6.45) is 4.05. The second-order valence-electron chi connectivity index (χ2n) is 9.76. The molecule has 3 aromatic rings. The zero-order valence-electron chi connectivity index (χ0n) is 21.2. The zero-order chi connectivity index (χ0) is 26.7. The van der Waals surface area contributed by atoms with Crippen molar-refractivity contribution in [3.63, 3.8) is 0 Å². The molecule has 1 aliphatic carbocycles. The molecule has 1 aliphatic rings. The lowest BCUT2D eigenvalue weighted by atomic mass is 9.69. The Morgan fingerprint density at radius 3 is 2.86 bits per heavy atom. The van der Waals surface area contributed by atoms with Crippen LogP contribution in [0.3, 0.4) is 0 Å². The number of thioether (sulfide) groups is 1. The first-order chi connectivity index (χ1) is 17.6. The van der Waals surface area contributed by atoms with E-state index >= 15 is 0 Å². The number of amides is 1. The number of anilines is 1. The normalized spacial score (nSPS) is 15.2. The number of nitrogens with one attached hydrogen (secondary N) is 1. The van der Waals surface area contributed by atoms with E-state index in [-0.39, 0.29) is 23.7 Å². The van der Waals surface area contributed by atoms with Crippen LogP contribution < -0.4 is 10.1 Å². The van der Waals surface area contributed by atoms with Gasteiger partial charge in [0.2, 0.25) is 5.91 Å². The predicted octanol–water partition coefficient (Wildman–Crippen LogP) is 6.91. The van der Waals surface area contributed by atoms with Gasteiger partial charge in [-0.2, -0.15) is 5.26 Å². The van der Waals surface area contributed by atoms with Crippen molar-refractivity contribution in [1.29, 1.82) is 5.26 Å². The van der Waals surface area contributed by atoms with Crippen molar-refractivity contribution in [3.05, 3.63) is 50.1 Å². The minimum atomic E-state index is -0.181. The minimum absolute atomic E-state index is 0.148. The number of aromatic nitrogens is 3. The number of rotatable bonds is 9. The van der Waals surface area contributed by atoms with Gasteiger partial charge in [0, 0.05) is 16.9 Å². The summed E-state index contributed by atoms with van der Waals surface area (Å²) in [5.41, 5.74) is 1.98. The summed E-state index contributed by atoms with van der Waals surface area (Å²) in [4.78, 5) is 14.0. The summed E-state index contributed by atoms with van der Waals surface area (Å²) in [6.45, 7) is 7.03. The van der Waals surface area contributed by atoms with Gasteiger partial charge in [-0.05, 0) is 54.4 Å². The van der Waals surface area contributed by atoms with Crippen LogP contribution in [0.4, 0.5) is 5.00 Å². The van der Waals surface area contributed by atoms with Crippen LogP contribution in [0.1, 0.15) is 55.4 Å². The number of hydrogen-bond acceptors (Lipinski definition) is 7. The van der Waals surface area contributed by atoms with Gasteiger partial charge in [-0.1, -0.05) is 62.2 Å². The predicted molar refractivity (Wildman–Crippen MR) is 150 cm³/mol. The van der Waals surface area contributed by atoms with Crippen molar-refractivity contribution in [2.75, 3.05) is 11.1 Å². The molecule has 11 heteroatoms. The quantitative estimate of drug-likeness (QED) is 0.278. The second-order valence-corrected chi connectivity index (χ2v) is 12.7. The number of fused-ring (bicyclic) bond motifs is 1. The summed E-state index contributed by atoms with van der Waals surface area (Å²) in [7, 11) is 1.82. The summed E-state index contributed by atoms with van der Waals surface area (Å²) in [6, 6.07) is 7.34. The van der Waals surface area contributed by atoms with E-state index in [1.54, 1.807) is 34.1 Å². The monoisotopic (exact) mass is 577 g/mol. The number of nitriles is 1. The molecule has 1 amide bonds. The molecule has 7 nitrogen and oxygen atoms in total. The highest BCUT2D eigenvalue weighted by Crippen LogP contribution is 2.45. The maximum Gasteiger partial charge on any atom is 0.235 e. The van der Waals surface area contributed by atoms with Crippen LogP contribution in [0.5, 0.6) is 5.75 Å². The molecule has 1 aromatic carbocycles. The zero-order valence-corrected chi connectivity index (χ0v) is 24.4. The third-order valence-corrected chi connectivity index (χ3v) is 9.88. The maximum atomic E-state index is 12.8. The molecule has 0 spiro atoms. The van der Waals surface area contributed by atoms with Crippen LogP contribution in [-0.2, 0) is 31.3 Å². The van der Waals surface area contributed by atoms with E-state index in [4.69, 9.17) is 27.9 Å². The van der Waals surface area contributed by atoms with Crippen molar-refractivity contribution in [1.82, 2.24) is 14.8 Å². The fourth-order valence-corrected chi connectivity index (χ4v) is 6.86. The molecule has 0 aliphatic heterocycles. The van der Waals surface area contributed by atoms with Gasteiger partial charge in [0.15, 0.2) is 11.0 Å². The molecule has 1 unspecified atom stereocenters. The molecule has 2 heterocycles. The topological polar surface area (TPSA) is 92.8 Å². The Kier molecular flexibility index (Phi) is 8.74. The fraction of sp³-hybridized carbons (Fsp3) is 0.462. The summed E-state index contributed by atoms with van der Waals surface area (Å²) < 4.78 is 7.53. The third kappa shape index (κ3) is 6.26. The lowest BCUT2D eigenvalue weighted by Crippen LogP contribution is -2.28. The highest BCUT2D eigenvalue weighted by molar-refractivity contribution is 7.99. The van der Waals surface area contributed by atoms with Crippen LogP contribution in [0.2, 0.25) is 10.0 Å². The Hall–Kier alpha value is -2.25. The first-order valence-corrected chi connectivity index (χ1v) is 14.6. The largest absolute Gasteiger partial charge is 0.484 e. The Morgan fingerprint density at radius 1 is 1.38 bits per heavy atom. The Labute approximate surface area is 235 Å². The first kappa shape index (κ1) is 27.8. The maximum absolute atomic E-state index is 12.8. The van der Waals surface area contributed by atoms with Crippen molar-refractivity contribution in [2.45, 2.75) is 58.2 Å². The second kappa shape index (κ2) is 11.6. The van der Waals surface area contributed by atoms with Crippen molar-refractivity contribution < 1.29 is 9.53 Å². The average molecular weight is 579 g/mol. The van der Waals surface area contributed by atoms with E-state index in [2.05, 4.69) is 42.4 Å². The molecule has 0 fully saturated rings. The number of carbonyl (C=O) groups excluding carboxylic acids is 1.